The molecule has 4 heterocycles. The van der Waals surface area contributed by atoms with Crippen LogP contribution in [0.5, 0.6) is 11.5 Å². The van der Waals surface area contributed by atoms with Crippen LogP contribution < -0.4 is 14.4 Å². The van der Waals surface area contributed by atoms with E-state index in [9.17, 15) is 4.79 Å². The van der Waals surface area contributed by atoms with Crippen molar-refractivity contribution >= 4 is 78.4 Å². The first-order valence-corrected chi connectivity index (χ1v) is 24.5. The van der Waals surface area contributed by atoms with Crippen LogP contribution in [0.2, 0.25) is 0 Å². The van der Waals surface area contributed by atoms with Gasteiger partial charge in [0.15, 0.2) is 15.9 Å². The molecule has 0 saturated carbocycles. The van der Waals surface area contributed by atoms with Crippen LogP contribution in [0.4, 0.5) is 17.1 Å². The molecule has 6 nitrogen and oxygen atoms in total. The number of unbranched alkanes of at least 4 members (excludes halogenated alkanes) is 10. The second-order valence-corrected chi connectivity index (χ2v) is 19.1. The largest absolute Gasteiger partial charge is 0.497 e. The van der Waals surface area contributed by atoms with Gasteiger partial charge in [-0.2, -0.15) is 0 Å². The molecule has 0 radical (unpaired) electrons. The van der Waals surface area contributed by atoms with Crippen LogP contribution in [0.1, 0.15) is 112 Å². The van der Waals surface area contributed by atoms with E-state index >= 15 is 0 Å². The molecule has 0 saturated heterocycles. The number of fused-ring (bicyclic) bond motifs is 1. The lowest BCUT2D eigenvalue weighted by molar-refractivity contribution is 0.112. The van der Waals surface area contributed by atoms with E-state index in [1.807, 2.05) is 35.6 Å². The van der Waals surface area contributed by atoms with Crippen molar-refractivity contribution in [3.8, 4) is 41.7 Å². The van der Waals surface area contributed by atoms with Crippen LogP contribution in [0.25, 0.3) is 39.9 Å². The third-order valence-electron chi connectivity index (χ3n) is 10.8. The van der Waals surface area contributed by atoms with Gasteiger partial charge >= 0.3 is 0 Å². The minimum atomic E-state index is 0.779. The van der Waals surface area contributed by atoms with Gasteiger partial charge in [0.2, 0.25) is 0 Å². The number of rotatable bonds is 23. The second-order valence-electron chi connectivity index (χ2n) is 15.0. The Morgan fingerprint density at radius 2 is 0.983 bits per heavy atom. The zero-order valence-corrected chi connectivity index (χ0v) is 38.0. The summed E-state index contributed by atoms with van der Waals surface area (Å²) in [6, 6.07) is 29.7. The molecular formula is C49H55N3O3S4. The average molecular weight is 862 g/mol. The predicted octanol–water partition coefficient (Wildman–Crippen LogP) is 16.0. The van der Waals surface area contributed by atoms with Gasteiger partial charge in [0.1, 0.15) is 21.5 Å². The molecule has 0 aliphatic rings. The molecule has 7 rings (SSSR count). The molecule has 0 aliphatic heterocycles. The fourth-order valence-corrected chi connectivity index (χ4v) is 12.0. The van der Waals surface area contributed by atoms with E-state index < -0.39 is 0 Å². The number of hydrogen-bond acceptors (Lipinski definition) is 10. The molecule has 4 aromatic heterocycles. The van der Waals surface area contributed by atoms with Crippen molar-refractivity contribution in [1.29, 1.82) is 0 Å². The van der Waals surface area contributed by atoms with E-state index in [1.165, 1.54) is 97.1 Å². The second kappa shape index (κ2) is 21.3. The van der Waals surface area contributed by atoms with Crippen molar-refractivity contribution in [1.82, 2.24) is 9.97 Å². The Morgan fingerprint density at radius 3 is 1.46 bits per heavy atom. The van der Waals surface area contributed by atoms with Crippen LogP contribution in [0.3, 0.4) is 0 Å². The topological polar surface area (TPSA) is 64.6 Å². The first-order valence-electron chi connectivity index (χ1n) is 21.2. The predicted molar refractivity (Wildman–Crippen MR) is 255 cm³/mol. The lowest BCUT2D eigenvalue weighted by Gasteiger charge is -2.26. The van der Waals surface area contributed by atoms with Gasteiger partial charge in [0.25, 0.3) is 0 Å². The third-order valence-corrected chi connectivity index (χ3v) is 15.5. The Kier molecular flexibility index (Phi) is 15.4. The number of carbonyl (C=O) groups is 1. The fraction of sp³-hybridized carbons (Fsp3) is 0.367. The smallest absolute Gasteiger partial charge is 0.160 e. The molecule has 0 spiro atoms. The van der Waals surface area contributed by atoms with E-state index in [1.54, 1.807) is 48.2 Å². The maximum atomic E-state index is 11.8. The Bertz CT molecular complexity index is 2290. The lowest BCUT2D eigenvalue weighted by Crippen LogP contribution is -2.09. The van der Waals surface area contributed by atoms with Crippen LogP contribution in [0, 0.1) is 0 Å². The molecule has 0 bridgehead atoms. The standard InChI is InChI=1S/C49H55N3O3S4/c1-5-7-9-11-13-15-17-35-31-42(33-53)56-44(35)46-50-48-49(58-46)51-47(59-48)45-36(18-16-14-12-10-8-6-2)32-43(57-45)34-19-21-37(22-20-34)52(38-23-27-40(54-3)28-24-38)39-25-29-41(55-4)30-26-39/h19-33H,5-18H2,1-4H3. The van der Waals surface area contributed by atoms with E-state index in [0.29, 0.717) is 0 Å². The average Bonchev–Trinajstić information content (AvgIpc) is 4.07. The van der Waals surface area contributed by atoms with Crippen LogP contribution in [-0.4, -0.2) is 30.5 Å². The van der Waals surface area contributed by atoms with E-state index in [4.69, 9.17) is 19.4 Å². The van der Waals surface area contributed by atoms with Gasteiger partial charge in [-0.15, -0.1) is 22.7 Å². The monoisotopic (exact) mass is 861 g/mol. The highest BCUT2D eigenvalue weighted by atomic mass is 32.1. The van der Waals surface area contributed by atoms with Gasteiger partial charge in [-0.3, -0.25) is 4.79 Å². The summed E-state index contributed by atoms with van der Waals surface area (Å²) < 4.78 is 10.9. The number of nitrogens with zero attached hydrogens (tertiary/aromatic N) is 3. The third kappa shape index (κ3) is 10.7. The molecule has 0 atom stereocenters. The number of anilines is 3. The normalized spacial score (nSPS) is 11.4. The van der Waals surface area contributed by atoms with Crippen molar-refractivity contribution in [2.24, 2.45) is 0 Å². The van der Waals surface area contributed by atoms with Gasteiger partial charge in [0.05, 0.1) is 28.9 Å². The number of carbonyl (C=O) groups excluding carboxylic acids is 1. The number of ether oxygens (including phenoxy) is 2. The number of benzene rings is 3. The van der Waals surface area contributed by atoms with Crippen LogP contribution in [-0.2, 0) is 12.8 Å². The maximum Gasteiger partial charge on any atom is 0.160 e. The van der Waals surface area contributed by atoms with Gasteiger partial charge in [-0.25, -0.2) is 9.97 Å². The summed E-state index contributed by atoms with van der Waals surface area (Å²) in [5.74, 6) is 1.65. The highest BCUT2D eigenvalue weighted by molar-refractivity contribution is 7.32. The zero-order valence-electron chi connectivity index (χ0n) is 34.8. The number of thiazole rings is 2. The summed E-state index contributed by atoms with van der Waals surface area (Å²) in [6.07, 6.45) is 18.1. The highest BCUT2D eigenvalue weighted by Crippen LogP contribution is 2.46. The molecule has 3 aromatic carbocycles. The van der Waals surface area contributed by atoms with E-state index in [0.717, 1.165) is 83.5 Å². The molecule has 0 amide bonds. The SMILES string of the molecule is CCCCCCCCc1cc(C=O)sc1-c1nc2sc(-c3sc(-c4ccc(N(c5ccc(OC)cc5)c5ccc(OC)cc5)cc4)cc3CCCCCCCC)nc2s1. The van der Waals surface area contributed by atoms with Gasteiger partial charge in [0, 0.05) is 21.9 Å². The van der Waals surface area contributed by atoms with Crippen molar-refractivity contribution in [3.63, 3.8) is 0 Å². The Morgan fingerprint density at radius 1 is 0.542 bits per heavy atom. The minimum absolute atomic E-state index is 0.779. The van der Waals surface area contributed by atoms with E-state index in [-0.39, 0.29) is 0 Å². The number of aryl methyl sites for hydroxylation is 2. The summed E-state index contributed by atoms with van der Waals surface area (Å²) >= 11 is 6.78. The maximum absolute atomic E-state index is 11.8. The summed E-state index contributed by atoms with van der Waals surface area (Å²) in [4.78, 5) is 30.9. The number of hydrogen-bond donors (Lipinski definition) is 0. The molecule has 308 valence electrons. The number of thiophene rings is 2. The number of aldehydes is 1. The van der Waals surface area contributed by atoms with Gasteiger partial charge in [-0.1, -0.05) is 113 Å². The zero-order chi connectivity index (χ0) is 41.0. The summed E-state index contributed by atoms with van der Waals surface area (Å²) in [6.45, 7) is 4.53. The molecule has 0 unspecified atom stereocenters. The Balaban J connectivity index is 1.16. The number of methoxy groups -OCH3 is 2. The van der Waals surface area contributed by atoms with Crippen LogP contribution >= 0.6 is 45.3 Å². The molecular weight excluding hydrogens is 807 g/mol. The molecule has 7 aromatic rings. The summed E-state index contributed by atoms with van der Waals surface area (Å²) in [5, 5.41) is 2.04. The van der Waals surface area contributed by atoms with E-state index in [2.05, 4.69) is 79.4 Å². The van der Waals surface area contributed by atoms with Crippen molar-refractivity contribution in [3.05, 3.63) is 101 Å². The Hall–Kier alpha value is -4.35. The fourth-order valence-electron chi connectivity index (χ4n) is 7.52. The molecule has 0 aliphatic carbocycles. The van der Waals surface area contributed by atoms with Gasteiger partial charge in [-0.05, 0) is 115 Å². The molecule has 59 heavy (non-hydrogen) atoms. The Labute approximate surface area is 365 Å². The highest BCUT2D eigenvalue weighted by Gasteiger charge is 2.21. The first-order chi connectivity index (χ1) is 29.0. The van der Waals surface area contributed by atoms with Crippen molar-refractivity contribution in [2.45, 2.75) is 104 Å². The van der Waals surface area contributed by atoms with Crippen molar-refractivity contribution in [2.75, 3.05) is 19.1 Å². The van der Waals surface area contributed by atoms with Crippen LogP contribution in [0.15, 0.2) is 84.9 Å². The summed E-state index contributed by atoms with van der Waals surface area (Å²) in [5.41, 5.74) is 6.97. The molecule has 0 fully saturated rings. The van der Waals surface area contributed by atoms with Gasteiger partial charge < -0.3 is 14.4 Å². The van der Waals surface area contributed by atoms with Crippen molar-refractivity contribution < 1.29 is 14.3 Å². The quantitative estimate of drug-likeness (QED) is 0.0472. The summed E-state index contributed by atoms with van der Waals surface area (Å²) in [7, 11) is 3.39. The first kappa shape index (κ1) is 42.8. The molecule has 10 heteroatoms. The minimum Gasteiger partial charge on any atom is -0.497 e. The lowest BCUT2D eigenvalue weighted by atomic mass is 10.0. The number of aromatic nitrogens is 2. The molecule has 0 N–H and O–H groups in total.